The summed E-state index contributed by atoms with van der Waals surface area (Å²) < 4.78 is 1.97. The number of nitrogens with one attached hydrogen (secondary N) is 1. The van der Waals surface area contributed by atoms with Crippen LogP contribution in [0.5, 0.6) is 0 Å². The zero-order valence-corrected chi connectivity index (χ0v) is 17.9. The number of hydrogen-bond donors (Lipinski definition) is 1. The molecule has 5 aromatic rings. The number of amides is 1. The van der Waals surface area contributed by atoms with Gasteiger partial charge in [0, 0.05) is 25.0 Å². The highest BCUT2D eigenvalue weighted by Crippen LogP contribution is 2.33. The van der Waals surface area contributed by atoms with E-state index in [-0.39, 0.29) is 11.9 Å². The third kappa shape index (κ3) is 3.77. The number of pyridine rings is 2. The molecule has 154 valence electrons. The Kier molecular flexibility index (Phi) is 4.91. The molecule has 1 amide bonds. The van der Waals surface area contributed by atoms with Gasteiger partial charge in [-0.2, -0.15) is 0 Å². The molecule has 0 spiro atoms. The molecule has 0 saturated carbocycles. The summed E-state index contributed by atoms with van der Waals surface area (Å²) in [5.74, 6) is -0.0214. The summed E-state index contributed by atoms with van der Waals surface area (Å²) >= 11 is 1.56. The topological polar surface area (TPSA) is 85.6 Å². The third-order valence-electron chi connectivity index (χ3n) is 5.23. The van der Waals surface area contributed by atoms with Crippen LogP contribution < -0.4 is 5.32 Å². The molecule has 0 aliphatic carbocycles. The lowest BCUT2D eigenvalue weighted by Crippen LogP contribution is -2.28. The van der Waals surface area contributed by atoms with Gasteiger partial charge in [-0.1, -0.05) is 29.5 Å². The number of rotatable bonds is 5. The summed E-state index contributed by atoms with van der Waals surface area (Å²) in [6.45, 7) is 1.99. The van der Waals surface area contributed by atoms with E-state index in [0.717, 1.165) is 43.1 Å². The normalized spacial score (nSPS) is 12.3. The Morgan fingerprint density at radius 2 is 2.03 bits per heavy atom. The average molecular weight is 429 g/mol. The highest BCUT2D eigenvalue weighted by molar-refractivity contribution is 7.21. The number of aromatic nitrogens is 5. The van der Waals surface area contributed by atoms with Crippen LogP contribution in [0.15, 0.2) is 61.3 Å². The van der Waals surface area contributed by atoms with E-state index in [0.29, 0.717) is 6.42 Å². The van der Waals surface area contributed by atoms with E-state index in [1.54, 1.807) is 36.3 Å². The maximum Gasteiger partial charge on any atom is 0.224 e. The molecule has 0 saturated heterocycles. The fourth-order valence-electron chi connectivity index (χ4n) is 3.63. The maximum atomic E-state index is 12.4. The Hall–Kier alpha value is -3.65. The Labute approximate surface area is 182 Å². The average Bonchev–Trinajstić information content (AvgIpc) is 3.38. The molecule has 0 aliphatic heterocycles. The first kappa shape index (κ1) is 19.3. The van der Waals surface area contributed by atoms with Gasteiger partial charge in [-0.05, 0) is 36.2 Å². The lowest BCUT2D eigenvalue weighted by Gasteiger charge is -2.15. The number of nitrogens with zero attached hydrogens (tertiary/aromatic N) is 5. The fourth-order valence-corrected chi connectivity index (χ4v) is 4.54. The molecule has 4 heterocycles. The lowest BCUT2D eigenvalue weighted by atomic mass is 10.0. The Morgan fingerprint density at radius 1 is 1.19 bits per heavy atom. The minimum Gasteiger partial charge on any atom is -0.349 e. The molecule has 1 aromatic carbocycles. The van der Waals surface area contributed by atoms with Gasteiger partial charge in [0.15, 0.2) is 0 Å². The molecular formula is C23H20N6OS. The number of imidazole rings is 1. The standard InChI is InChI=1S/C23H20N6OS/c1-14(27-19(30)10-15-6-8-24-9-7-15)16-4-3-5-17(11-16)22-28-20-21-18(26-13-29(21)2)12-25-23(20)31-22/h3-9,11-14H,10H2,1-2H3,(H,27,30)/t14-/m0/s1. The maximum absolute atomic E-state index is 12.4. The molecule has 0 bridgehead atoms. The van der Waals surface area contributed by atoms with Gasteiger partial charge in [0.25, 0.3) is 0 Å². The van der Waals surface area contributed by atoms with E-state index >= 15 is 0 Å². The number of carbonyl (C=O) groups excluding carboxylic acids is 1. The van der Waals surface area contributed by atoms with E-state index in [4.69, 9.17) is 4.98 Å². The van der Waals surface area contributed by atoms with Crippen LogP contribution in [0.4, 0.5) is 0 Å². The van der Waals surface area contributed by atoms with Crippen molar-refractivity contribution in [2.75, 3.05) is 0 Å². The Morgan fingerprint density at radius 3 is 2.87 bits per heavy atom. The van der Waals surface area contributed by atoms with Gasteiger partial charge in [-0.3, -0.25) is 9.78 Å². The van der Waals surface area contributed by atoms with Crippen molar-refractivity contribution in [3.8, 4) is 10.6 Å². The van der Waals surface area contributed by atoms with Gasteiger partial charge in [0.1, 0.15) is 20.9 Å². The second-order valence-electron chi connectivity index (χ2n) is 7.47. The number of carbonyl (C=O) groups is 1. The molecule has 0 radical (unpaired) electrons. The van der Waals surface area contributed by atoms with Gasteiger partial charge in [-0.15, -0.1) is 0 Å². The van der Waals surface area contributed by atoms with E-state index in [1.807, 2.05) is 48.9 Å². The molecule has 1 atom stereocenters. The largest absolute Gasteiger partial charge is 0.349 e. The minimum atomic E-state index is -0.120. The SMILES string of the molecule is C[C@H](NC(=O)Cc1ccncc1)c1cccc(-c2nc3c(ncc4ncn(C)c43)s2)c1. The quantitative estimate of drug-likeness (QED) is 0.456. The summed E-state index contributed by atoms with van der Waals surface area (Å²) in [6.07, 6.45) is 7.29. The van der Waals surface area contributed by atoms with E-state index in [2.05, 4.69) is 26.3 Å². The monoisotopic (exact) mass is 428 g/mol. The van der Waals surface area contributed by atoms with Crippen LogP contribution in [0.1, 0.15) is 24.1 Å². The van der Waals surface area contributed by atoms with Crippen LogP contribution in [0, 0.1) is 0 Å². The number of hydrogen-bond acceptors (Lipinski definition) is 6. The molecule has 8 heteroatoms. The first-order chi connectivity index (χ1) is 15.1. The summed E-state index contributed by atoms with van der Waals surface area (Å²) in [6, 6.07) is 11.7. The molecule has 5 rings (SSSR count). The van der Waals surface area contributed by atoms with Crippen molar-refractivity contribution in [1.82, 2.24) is 29.8 Å². The van der Waals surface area contributed by atoms with Crippen LogP contribution >= 0.6 is 11.3 Å². The molecule has 0 unspecified atom stereocenters. The van der Waals surface area contributed by atoms with E-state index in [9.17, 15) is 4.79 Å². The smallest absolute Gasteiger partial charge is 0.224 e. The number of thiazole rings is 1. The Balaban J connectivity index is 1.40. The second kappa shape index (κ2) is 7.88. The molecule has 0 aliphatic rings. The number of benzene rings is 1. The molecule has 31 heavy (non-hydrogen) atoms. The third-order valence-corrected chi connectivity index (χ3v) is 6.24. The first-order valence-corrected chi connectivity index (χ1v) is 10.8. The van der Waals surface area contributed by atoms with E-state index in [1.165, 1.54) is 0 Å². The van der Waals surface area contributed by atoms with Gasteiger partial charge in [0.05, 0.1) is 30.5 Å². The van der Waals surface area contributed by atoms with Crippen molar-refractivity contribution >= 4 is 38.6 Å². The summed E-state index contributed by atoms with van der Waals surface area (Å²) in [5.41, 5.74) is 5.66. The summed E-state index contributed by atoms with van der Waals surface area (Å²) in [7, 11) is 1.96. The van der Waals surface area contributed by atoms with Crippen molar-refractivity contribution in [3.63, 3.8) is 0 Å². The van der Waals surface area contributed by atoms with Crippen LogP contribution in [-0.2, 0) is 18.3 Å². The highest BCUT2D eigenvalue weighted by Gasteiger charge is 2.15. The van der Waals surface area contributed by atoms with Crippen LogP contribution in [-0.4, -0.2) is 30.4 Å². The van der Waals surface area contributed by atoms with Crippen molar-refractivity contribution in [3.05, 3.63) is 72.4 Å². The van der Waals surface area contributed by atoms with Crippen molar-refractivity contribution in [1.29, 1.82) is 0 Å². The molecule has 4 aromatic heterocycles. The fraction of sp³-hybridized carbons (Fsp3) is 0.174. The second-order valence-corrected chi connectivity index (χ2v) is 8.44. The molecule has 1 N–H and O–H groups in total. The highest BCUT2D eigenvalue weighted by atomic mass is 32.1. The zero-order chi connectivity index (χ0) is 21.4. The predicted molar refractivity (Wildman–Crippen MR) is 122 cm³/mol. The van der Waals surface area contributed by atoms with Crippen LogP contribution in [0.25, 0.3) is 32.0 Å². The van der Waals surface area contributed by atoms with Gasteiger partial charge in [-0.25, -0.2) is 15.0 Å². The molecule has 0 fully saturated rings. The minimum absolute atomic E-state index is 0.0214. The van der Waals surface area contributed by atoms with Crippen LogP contribution in [0.3, 0.4) is 0 Å². The van der Waals surface area contributed by atoms with Crippen molar-refractivity contribution in [2.24, 2.45) is 7.05 Å². The van der Waals surface area contributed by atoms with Gasteiger partial charge < -0.3 is 9.88 Å². The first-order valence-electron chi connectivity index (χ1n) is 9.93. The predicted octanol–water partition coefficient (Wildman–Crippen LogP) is 4.06. The molecular weight excluding hydrogens is 408 g/mol. The van der Waals surface area contributed by atoms with E-state index < -0.39 is 0 Å². The van der Waals surface area contributed by atoms with Gasteiger partial charge in [0.2, 0.25) is 5.91 Å². The lowest BCUT2D eigenvalue weighted by molar-refractivity contribution is -0.121. The van der Waals surface area contributed by atoms with Crippen molar-refractivity contribution < 1.29 is 4.79 Å². The molecule has 7 nitrogen and oxygen atoms in total. The van der Waals surface area contributed by atoms with Crippen LogP contribution in [0.2, 0.25) is 0 Å². The Bertz CT molecular complexity index is 1390. The zero-order valence-electron chi connectivity index (χ0n) is 17.1. The van der Waals surface area contributed by atoms with Crippen molar-refractivity contribution in [2.45, 2.75) is 19.4 Å². The van der Waals surface area contributed by atoms with Gasteiger partial charge >= 0.3 is 0 Å². The summed E-state index contributed by atoms with van der Waals surface area (Å²) in [4.78, 5) is 31.1. The number of aryl methyl sites for hydroxylation is 1. The number of fused-ring (bicyclic) bond motifs is 3. The summed E-state index contributed by atoms with van der Waals surface area (Å²) in [5, 5.41) is 3.97.